The van der Waals surface area contributed by atoms with Gasteiger partial charge in [-0.1, -0.05) is 0 Å². The molecule has 0 atom stereocenters. The third-order valence-corrected chi connectivity index (χ3v) is 3.23. The summed E-state index contributed by atoms with van der Waals surface area (Å²) in [5.74, 6) is 0.876. The first kappa shape index (κ1) is 10.4. The first-order valence-electron chi connectivity index (χ1n) is 4.69. The fourth-order valence-electron chi connectivity index (χ4n) is 1.50. The lowest BCUT2D eigenvalue weighted by molar-refractivity contribution is 0.295. The van der Waals surface area contributed by atoms with Gasteiger partial charge in [0.05, 0.1) is 6.61 Å². The standard InChI is InChI=1S/C10H12BrN3O/c1-14-8(3-5-15)13-9(10(14)11)7-2-4-12-6-7/h2,4,6,12,15H,3,5H2,1H3. The molecule has 0 saturated carbocycles. The molecule has 80 valence electrons. The highest BCUT2D eigenvalue weighted by atomic mass is 79.9. The van der Waals surface area contributed by atoms with E-state index >= 15 is 0 Å². The zero-order chi connectivity index (χ0) is 10.8. The number of aliphatic hydroxyl groups excluding tert-OH is 1. The van der Waals surface area contributed by atoms with Gasteiger partial charge in [-0.15, -0.1) is 0 Å². The minimum Gasteiger partial charge on any atom is -0.396 e. The number of hydrogen-bond acceptors (Lipinski definition) is 2. The molecule has 2 heterocycles. The topological polar surface area (TPSA) is 53.8 Å². The second-order valence-electron chi connectivity index (χ2n) is 3.30. The lowest BCUT2D eigenvalue weighted by Crippen LogP contribution is -2.00. The highest BCUT2D eigenvalue weighted by Crippen LogP contribution is 2.27. The molecule has 0 aromatic carbocycles. The molecule has 2 aromatic heterocycles. The van der Waals surface area contributed by atoms with Gasteiger partial charge in [-0.2, -0.15) is 0 Å². The number of aromatic nitrogens is 3. The minimum atomic E-state index is 0.115. The fourth-order valence-corrected chi connectivity index (χ4v) is 2.02. The lowest BCUT2D eigenvalue weighted by atomic mass is 10.3. The van der Waals surface area contributed by atoms with Crippen molar-refractivity contribution in [3.63, 3.8) is 0 Å². The number of rotatable bonds is 3. The van der Waals surface area contributed by atoms with Crippen molar-refractivity contribution in [1.29, 1.82) is 0 Å². The number of aliphatic hydroxyl groups is 1. The van der Waals surface area contributed by atoms with Gasteiger partial charge in [0, 0.05) is 31.4 Å². The maximum absolute atomic E-state index is 8.90. The largest absolute Gasteiger partial charge is 0.396 e. The molecule has 5 heteroatoms. The molecule has 0 aliphatic rings. The maximum atomic E-state index is 8.90. The molecule has 0 spiro atoms. The second kappa shape index (κ2) is 4.20. The van der Waals surface area contributed by atoms with E-state index in [0.717, 1.165) is 21.7 Å². The van der Waals surface area contributed by atoms with Crippen LogP contribution in [0.2, 0.25) is 0 Å². The van der Waals surface area contributed by atoms with Gasteiger partial charge >= 0.3 is 0 Å². The molecule has 4 nitrogen and oxygen atoms in total. The summed E-state index contributed by atoms with van der Waals surface area (Å²) >= 11 is 3.50. The van der Waals surface area contributed by atoms with Crippen molar-refractivity contribution >= 4 is 15.9 Å². The highest BCUT2D eigenvalue weighted by molar-refractivity contribution is 9.10. The molecule has 0 bridgehead atoms. The van der Waals surface area contributed by atoms with Crippen LogP contribution in [-0.4, -0.2) is 26.2 Å². The molecule has 0 saturated heterocycles. The van der Waals surface area contributed by atoms with Crippen LogP contribution in [0.15, 0.2) is 23.1 Å². The van der Waals surface area contributed by atoms with Gasteiger partial charge in [-0.3, -0.25) is 0 Å². The van der Waals surface area contributed by atoms with Crippen LogP contribution in [0.5, 0.6) is 0 Å². The summed E-state index contributed by atoms with van der Waals surface area (Å²) in [4.78, 5) is 7.47. The van der Waals surface area contributed by atoms with Crippen LogP contribution < -0.4 is 0 Å². The molecule has 0 amide bonds. The van der Waals surface area contributed by atoms with Gasteiger partial charge in [-0.05, 0) is 22.0 Å². The van der Waals surface area contributed by atoms with Gasteiger partial charge in [0.2, 0.25) is 0 Å². The van der Waals surface area contributed by atoms with Crippen molar-refractivity contribution in [3.8, 4) is 11.3 Å². The zero-order valence-electron chi connectivity index (χ0n) is 8.37. The molecule has 0 aliphatic carbocycles. The van der Waals surface area contributed by atoms with Crippen LogP contribution in [-0.2, 0) is 13.5 Å². The van der Waals surface area contributed by atoms with E-state index in [-0.39, 0.29) is 6.61 Å². The van der Waals surface area contributed by atoms with E-state index < -0.39 is 0 Å². The molecular formula is C10H12BrN3O. The van der Waals surface area contributed by atoms with Crippen LogP contribution in [0.3, 0.4) is 0 Å². The lowest BCUT2D eigenvalue weighted by Gasteiger charge is -1.98. The Bertz CT molecular complexity index is 447. The number of aromatic amines is 1. The number of imidazole rings is 1. The minimum absolute atomic E-state index is 0.115. The first-order valence-corrected chi connectivity index (χ1v) is 5.48. The normalized spacial score (nSPS) is 10.9. The number of nitrogens with one attached hydrogen (secondary N) is 1. The third-order valence-electron chi connectivity index (χ3n) is 2.32. The SMILES string of the molecule is Cn1c(CCO)nc(-c2cc[nH]c2)c1Br. The summed E-state index contributed by atoms with van der Waals surface area (Å²) in [7, 11) is 1.93. The van der Waals surface area contributed by atoms with Gasteiger partial charge in [0.1, 0.15) is 16.1 Å². The molecule has 2 N–H and O–H groups in total. The Balaban J connectivity index is 2.45. The molecule has 0 unspecified atom stereocenters. The quantitative estimate of drug-likeness (QED) is 0.892. The van der Waals surface area contributed by atoms with E-state index in [1.165, 1.54) is 0 Å². The number of hydrogen-bond donors (Lipinski definition) is 2. The molecular weight excluding hydrogens is 258 g/mol. The summed E-state index contributed by atoms with van der Waals surface area (Å²) < 4.78 is 2.88. The number of H-pyrrole nitrogens is 1. The van der Waals surface area contributed by atoms with Crippen LogP contribution >= 0.6 is 15.9 Å². The second-order valence-corrected chi connectivity index (χ2v) is 4.05. The predicted molar refractivity (Wildman–Crippen MR) is 61.5 cm³/mol. The van der Waals surface area contributed by atoms with E-state index in [4.69, 9.17) is 5.11 Å². The first-order chi connectivity index (χ1) is 7.24. The highest BCUT2D eigenvalue weighted by Gasteiger charge is 2.13. The number of halogens is 1. The summed E-state index contributed by atoms with van der Waals surface area (Å²) in [6.45, 7) is 0.115. The average molecular weight is 270 g/mol. The van der Waals surface area contributed by atoms with Crippen molar-refractivity contribution in [1.82, 2.24) is 14.5 Å². The van der Waals surface area contributed by atoms with Gasteiger partial charge in [0.15, 0.2) is 0 Å². The van der Waals surface area contributed by atoms with Crippen molar-refractivity contribution in [3.05, 3.63) is 28.9 Å². The summed E-state index contributed by atoms with van der Waals surface area (Å²) in [5, 5.41) is 8.90. The van der Waals surface area contributed by atoms with Gasteiger partial charge in [0.25, 0.3) is 0 Å². The smallest absolute Gasteiger partial charge is 0.112 e. The monoisotopic (exact) mass is 269 g/mol. The van der Waals surface area contributed by atoms with Gasteiger partial charge in [-0.25, -0.2) is 4.98 Å². The van der Waals surface area contributed by atoms with E-state index in [1.807, 2.05) is 30.1 Å². The Morgan fingerprint density at radius 2 is 2.40 bits per heavy atom. The fraction of sp³-hybridized carbons (Fsp3) is 0.300. The van der Waals surface area contributed by atoms with Crippen LogP contribution in [0.1, 0.15) is 5.82 Å². The molecule has 0 fully saturated rings. The van der Waals surface area contributed by atoms with Crippen molar-refractivity contribution < 1.29 is 5.11 Å². The molecule has 0 radical (unpaired) electrons. The van der Waals surface area contributed by atoms with E-state index in [1.54, 1.807) is 0 Å². The van der Waals surface area contributed by atoms with Crippen molar-refractivity contribution in [2.75, 3.05) is 6.61 Å². The number of nitrogens with zero attached hydrogens (tertiary/aromatic N) is 2. The summed E-state index contributed by atoms with van der Waals surface area (Å²) in [5.41, 5.74) is 1.95. The Hall–Kier alpha value is -1.07. The van der Waals surface area contributed by atoms with Crippen LogP contribution in [0, 0.1) is 0 Å². The maximum Gasteiger partial charge on any atom is 0.112 e. The van der Waals surface area contributed by atoms with Crippen molar-refractivity contribution in [2.24, 2.45) is 7.05 Å². The Labute approximate surface area is 96.1 Å². The Kier molecular flexibility index (Phi) is 2.93. The third kappa shape index (κ3) is 1.85. The van der Waals surface area contributed by atoms with Gasteiger partial charge < -0.3 is 14.7 Å². The van der Waals surface area contributed by atoms with Crippen LogP contribution in [0.25, 0.3) is 11.3 Å². The molecule has 15 heavy (non-hydrogen) atoms. The van der Waals surface area contributed by atoms with E-state index in [2.05, 4.69) is 25.9 Å². The molecule has 2 aromatic rings. The molecule has 2 rings (SSSR count). The predicted octanol–water partition coefficient (Wildman–Crippen LogP) is 1.71. The Morgan fingerprint density at radius 3 is 3.00 bits per heavy atom. The van der Waals surface area contributed by atoms with Crippen molar-refractivity contribution in [2.45, 2.75) is 6.42 Å². The van der Waals surface area contributed by atoms with Crippen LogP contribution in [0.4, 0.5) is 0 Å². The summed E-state index contributed by atoms with van der Waals surface area (Å²) in [6.07, 6.45) is 4.33. The molecule has 0 aliphatic heterocycles. The Morgan fingerprint density at radius 1 is 1.60 bits per heavy atom. The van der Waals surface area contributed by atoms with E-state index in [9.17, 15) is 0 Å². The van der Waals surface area contributed by atoms with E-state index in [0.29, 0.717) is 6.42 Å². The zero-order valence-corrected chi connectivity index (χ0v) is 9.95. The summed E-state index contributed by atoms with van der Waals surface area (Å²) in [6, 6.07) is 1.97. The average Bonchev–Trinajstić information content (AvgIpc) is 2.82.